The van der Waals surface area contributed by atoms with E-state index in [0.29, 0.717) is 37.5 Å². The molecule has 3 rings (SSSR count). The largest absolute Gasteiger partial charge is 0.399 e. The lowest BCUT2D eigenvalue weighted by Crippen LogP contribution is -2.23. The molecule has 2 aromatic rings. The van der Waals surface area contributed by atoms with Crippen molar-refractivity contribution in [2.45, 2.75) is 46.7 Å². The first kappa shape index (κ1) is 26.4. The minimum Gasteiger partial charge on any atom is -0.399 e. The van der Waals surface area contributed by atoms with Crippen molar-refractivity contribution in [2.75, 3.05) is 5.73 Å². The average molecular weight is 434 g/mol. The maximum absolute atomic E-state index is 12.4. The standard InChI is InChI=1S/C21H23N5O.C3H6.C2H6/c1-24-25-21(23)16-10-11-19(22)15(12-16)6-4-5-9-20(27)26-13-17-7-2-3-8-18(17)14-26;1-3-2;1-2/h2-3,5,7-12H,1,4,6,13-14,22H2,(H2,23,25);3H,1H2,2H3;1-2H3/b9-5+;;. The third-order valence-electron chi connectivity index (χ3n) is 4.61. The minimum atomic E-state index is 0.0290. The molecule has 6 nitrogen and oxygen atoms in total. The van der Waals surface area contributed by atoms with Gasteiger partial charge in [-0.05, 0) is 60.7 Å². The molecule has 2 aromatic carbocycles. The van der Waals surface area contributed by atoms with E-state index in [4.69, 9.17) is 11.5 Å². The van der Waals surface area contributed by atoms with Gasteiger partial charge in [0.25, 0.3) is 0 Å². The summed E-state index contributed by atoms with van der Waals surface area (Å²) in [5, 5.41) is 7.19. The molecule has 0 fully saturated rings. The van der Waals surface area contributed by atoms with Gasteiger partial charge in [-0.15, -0.1) is 11.7 Å². The number of nitrogens with two attached hydrogens (primary N) is 2. The number of rotatable bonds is 6. The molecule has 1 amide bonds. The van der Waals surface area contributed by atoms with E-state index >= 15 is 0 Å². The molecule has 1 heterocycles. The summed E-state index contributed by atoms with van der Waals surface area (Å²) in [5.74, 6) is 0.326. The number of amidine groups is 1. The number of hydrogen-bond donors (Lipinski definition) is 2. The van der Waals surface area contributed by atoms with Crippen LogP contribution in [-0.2, 0) is 24.3 Å². The predicted octanol–water partition coefficient (Wildman–Crippen LogP) is 4.84. The van der Waals surface area contributed by atoms with E-state index in [1.54, 1.807) is 24.3 Å². The van der Waals surface area contributed by atoms with Crippen LogP contribution in [0.3, 0.4) is 0 Å². The lowest BCUT2D eigenvalue weighted by atomic mass is 10.0. The molecule has 0 spiro atoms. The van der Waals surface area contributed by atoms with Crippen LogP contribution in [0, 0.1) is 0 Å². The number of fused-ring (bicyclic) bond motifs is 1. The second kappa shape index (κ2) is 14.4. The monoisotopic (exact) mass is 433 g/mol. The fraction of sp³-hybridized carbons (Fsp3) is 0.269. The van der Waals surface area contributed by atoms with E-state index in [1.165, 1.54) is 11.1 Å². The highest BCUT2D eigenvalue weighted by Crippen LogP contribution is 2.22. The number of aryl methyl sites for hydroxylation is 1. The van der Waals surface area contributed by atoms with Crippen molar-refractivity contribution < 1.29 is 4.79 Å². The molecular formula is C26H35N5O. The van der Waals surface area contributed by atoms with Crippen molar-refractivity contribution in [1.29, 1.82) is 0 Å². The van der Waals surface area contributed by atoms with Gasteiger partial charge in [-0.2, -0.15) is 5.10 Å². The van der Waals surface area contributed by atoms with Crippen LogP contribution in [0.5, 0.6) is 0 Å². The van der Waals surface area contributed by atoms with Gasteiger partial charge in [0.1, 0.15) is 0 Å². The molecule has 0 radical (unpaired) electrons. The molecule has 0 saturated carbocycles. The Bertz CT molecular complexity index is 937. The number of nitrogens with zero attached hydrogens (tertiary/aromatic N) is 3. The number of benzene rings is 2. The summed E-state index contributed by atoms with van der Waals surface area (Å²) in [6, 6.07) is 13.6. The third-order valence-corrected chi connectivity index (χ3v) is 4.61. The molecule has 1 aliphatic heterocycles. The molecule has 1 aliphatic rings. The fourth-order valence-corrected chi connectivity index (χ4v) is 3.13. The number of carbonyl (C=O) groups excluding carboxylic acids is 1. The van der Waals surface area contributed by atoms with Crippen molar-refractivity contribution in [3.8, 4) is 0 Å². The summed E-state index contributed by atoms with van der Waals surface area (Å²) in [6.45, 7) is 13.9. The molecule has 0 unspecified atom stereocenters. The van der Waals surface area contributed by atoms with E-state index in [9.17, 15) is 4.79 Å². The van der Waals surface area contributed by atoms with Crippen molar-refractivity contribution in [3.63, 3.8) is 0 Å². The van der Waals surface area contributed by atoms with E-state index in [1.807, 2.05) is 49.9 Å². The molecule has 0 aromatic heterocycles. The Balaban J connectivity index is 0.000000944. The van der Waals surface area contributed by atoms with Crippen LogP contribution in [0.15, 0.2) is 77.5 Å². The van der Waals surface area contributed by atoms with Gasteiger partial charge in [-0.25, -0.2) is 0 Å². The minimum absolute atomic E-state index is 0.0290. The van der Waals surface area contributed by atoms with Crippen LogP contribution < -0.4 is 11.5 Å². The topological polar surface area (TPSA) is 97.1 Å². The highest BCUT2D eigenvalue weighted by molar-refractivity contribution is 5.98. The number of hydrogen-bond acceptors (Lipinski definition) is 4. The first-order chi connectivity index (χ1) is 15.5. The Kier molecular flexibility index (Phi) is 11.8. The number of anilines is 1. The van der Waals surface area contributed by atoms with Gasteiger partial charge in [-0.1, -0.05) is 50.3 Å². The van der Waals surface area contributed by atoms with Crippen LogP contribution in [0.4, 0.5) is 5.69 Å². The molecule has 0 bridgehead atoms. The summed E-state index contributed by atoms with van der Waals surface area (Å²) >= 11 is 0. The Morgan fingerprint density at radius 2 is 1.75 bits per heavy atom. The van der Waals surface area contributed by atoms with Crippen LogP contribution >= 0.6 is 0 Å². The molecule has 0 atom stereocenters. The lowest BCUT2D eigenvalue weighted by Gasteiger charge is -2.12. The summed E-state index contributed by atoms with van der Waals surface area (Å²) < 4.78 is 0. The summed E-state index contributed by atoms with van der Waals surface area (Å²) in [7, 11) is 0. The number of amides is 1. The summed E-state index contributed by atoms with van der Waals surface area (Å²) in [5.41, 5.74) is 16.7. The summed E-state index contributed by atoms with van der Waals surface area (Å²) in [6.07, 6.45) is 6.69. The Labute approximate surface area is 192 Å². The van der Waals surface area contributed by atoms with Gasteiger partial charge in [0.05, 0.1) is 0 Å². The number of carbonyl (C=O) groups is 1. The molecule has 0 saturated heterocycles. The smallest absolute Gasteiger partial charge is 0.246 e. The highest BCUT2D eigenvalue weighted by atomic mass is 16.2. The quantitative estimate of drug-likeness (QED) is 0.170. The Morgan fingerprint density at radius 3 is 2.31 bits per heavy atom. The van der Waals surface area contributed by atoms with Crippen molar-refractivity contribution in [2.24, 2.45) is 15.9 Å². The maximum atomic E-state index is 12.4. The van der Waals surface area contributed by atoms with Crippen LogP contribution in [0.2, 0.25) is 0 Å². The lowest BCUT2D eigenvalue weighted by molar-refractivity contribution is -0.126. The SMILES string of the molecule is C=CC.C=N/N=C(\N)c1ccc(N)c(CC/C=C/C(=O)N2Cc3ccccc3C2)c1.CC. The van der Waals surface area contributed by atoms with Gasteiger partial charge < -0.3 is 16.4 Å². The zero-order chi connectivity index (χ0) is 23.9. The zero-order valence-corrected chi connectivity index (χ0v) is 19.4. The fourth-order valence-electron chi connectivity index (χ4n) is 3.13. The van der Waals surface area contributed by atoms with Crippen molar-refractivity contribution in [3.05, 3.63) is 89.5 Å². The summed E-state index contributed by atoms with van der Waals surface area (Å²) in [4.78, 5) is 14.2. The van der Waals surface area contributed by atoms with Crippen molar-refractivity contribution >= 4 is 24.1 Å². The van der Waals surface area contributed by atoms with Gasteiger partial charge >= 0.3 is 0 Å². The Morgan fingerprint density at radius 1 is 1.16 bits per heavy atom. The van der Waals surface area contributed by atoms with Gasteiger partial charge in [0, 0.05) is 31.1 Å². The second-order valence-electron chi connectivity index (χ2n) is 6.85. The first-order valence-electron chi connectivity index (χ1n) is 10.8. The van der Waals surface area contributed by atoms with Crippen LogP contribution in [-0.4, -0.2) is 23.4 Å². The normalized spacial score (nSPS) is 12.2. The van der Waals surface area contributed by atoms with Crippen LogP contribution in [0.1, 0.15) is 49.4 Å². The molecule has 6 heteroatoms. The second-order valence-corrected chi connectivity index (χ2v) is 6.85. The number of allylic oxidation sites excluding steroid dienone is 2. The van der Waals surface area contributed by atoms with E-state index in [-0.39, 0.29) is 5.91 Å². The molecule has 4 N–H and O–H groups in total. The van der Waals surface area contributed by atoms with Gasteiger partial charge in [-0.3, -0.25) is 4.79 Å². The third kappa shape index (κ3) is 7.87. The zero-order valence-electron chi connectivity index (χ0n) is 19.4. The highest BCUT2D eigenvalue weighted by Gasteiger charge is 2.20. The van der Waals surface area contributed by atoms with Crippen LogP contribution in [0.25, 0.3) is 0 Å². The van der Waals surface area contributed by atoms with Gasteiger partial charge in [0.15, 0.2) is 5.84 Å². The van der Waals surface area contributed by atoms with E-state index in [2.05, 4.69) is 35.6 Å². The first-order valence-corrected chi connectivity index (χ1v) is 10.8. The molecule has 0 aliphatic carbocycles. The average Bonchev–Trinajstić information content (AvgIpc) is 3.24. The molecule has 32 heavy (non-hydrogen) atoms. The van der Waals surface area contributed by atoms with E-state index in [0.717, 1.165) is 11.1 Å². The molecule has 170 valence electrons. The van der Waals surface area contributed by atoms with Crippen molar-refractivity contribution in [1.82, 2.24) is 4.90 Å². The number of nitrogen functional groups attached to an aromatic ring is 1. The molecular weight excluding hydrogens is 398 g/mol. The predicted molar refractivity (Wildman–Crippen MR) is 137 cm³/mol. The Hall–Kier alpha value is -3.67. The maximum Gasteiger partial charge on any atom is 0.246 e. The van der Waals surface area contributed by atoms with Gasteiger partial charge in [0.2, 0.25) is 5.91 Å². The van der Waals surface area contributed by atoms with E-state index < -0.39 is 0 Å².